The second kappa shape index (κ2) is 5.31. The molecule has 0 aliphatic carbocycles. The molecule has 2 nitrogen and oxygen atoms in total. The van der Waals surface area contributed by atoms with Crippen LogP contribution in [0.1, 0.15) is 5.56 Å². The van der Waals surface area contributed by atoms with E-state index in [-0.39, 0.29) is 5.75 Å². The van der Waals surface area contributed by atoms with Gasteiger partial charge in [0.05, 0.1) is 0 Å². The molecule has 100 valence electrons. The first-order valence-electron chi connectivity index (χ1n) is 6.41. The van der Waals surface area contributed by atoms with Crippen molar-refractivity contribution < 1.29 is 9.13 Å². The highest BCUT2D eigenvalue weighted by Gasteiger charge is 2.06. The molecule has 3 aromatic rings. The maximum Gasteiger partial charge on any atom is 0.166 e. The Labute approximate surface area is 116 Å². The first-order valence-corrected chi connectivity index (χ1v) is 6.41. The van der Waals surface area contributed by atoms with Gasteiger partial charge >= 0.3 is 0 Å². The molecule has 2 N–H and O–H groups in total. The highest BCUT2D eigenvalue weighted by Crippen LogP contribution is 2.27. The van der Waals surface area contributed by atoms with Crippen LogP contribution in [-0.2, 0) is 6.54 Å². The number of nitrogens with two attached hydrogens (primary N) is 1. The van der Waals surface area contributed by atoms with Crippen molar-refractivity contribution in [3.8, 4) is 11.5 Å². The average Bonchev–Trinajstić information content (AvgIpc) is 2.49. The third kappa shape index (κ3) is 2.49. The number of rotatable bonds is 3. The van der Waals surface area contributed by atoms with E-state index in [1.165, 1.54) is 6.07 Å². The zero-order valence-corrected chi connectivity index (χ0v) is 10.8. The highest BCUT2D eigenvalue weighted by atomic mass is 19.1. The number of ether oxygens (including phenoxy) is 1. The summed E-state index contributed by atoms with van der Waals surface area (Å²) in [4.78, 5) is 0. The van der Waals surface area contributed by atoms with Crippen molar-refractivity contribution in [2.24, 2.45) is 5.73 Å². The molecule has 0 aliphatic heterocycles. The molecule has 0 radical (unpaired) electrons. The summed E-state index contributed by atoms with van der Waals surface area (Å²) in [5.41, 5.74) is 6.22. The van der Waals surface area contributed by atoms with E-state index in [4.69, 9.17) is 10.5 Å². The Morgan fingerprint density at radius 2 is 1.70 bits per heavy atom. The van der Waals surface area contributed by atoms with Crippen molar-refractivity contribution in [3.05, 3.63) is 72.0 Å². The second-order valence-corrected chi connectivity index (χ2v) is 4.58. The van der Waals surface area contributed by atoms with Crippen molar-refractivity contribution >= 4 is 10.8 Å². The van der Waals surface area contributed by atoms with Crippen molar-refractivity contribution in [3.63, 3.8) is 0 Å². The standard InChI is InChI=1S/C17H14FNO/c18-16-9-12(11-19)5-8-17(16)20-15-7-6-13-3-1-2-4-14(13)10-15/h1-10H,11,19H2. The van der Waals surface area contributed by atoms with E-state index < -0.39 is 5.82 Å². The van der Waals surface area contributed by atoms with Gasteiger partial charge in [-0.3, -0.25) is 0 Å². The van der Waals surface area contributed by atoms with Crippen LogP contribution in [0.15, 0.2) is 60.7 Å². The lowest BCUT2D eigenvalue weighted by atomic mass is 10.1. The van der Waals surface area contributed by atoms with Crippen molar-refractivity contribution in [1.29, 1.82) is 0 Å². The highest BCUT2D eigenvalue weighted by molar-refractivity contribution is 5.83. The Bertz CT molecular complexity index is 755. The molecule has 0 bridgehead atoms. The molecule has 0 aromatic heterocycles. The molecular formula is C17H14FNO. The van der Waals surface area contributed by atoms with Crippen LogP contribution in [0.4, 0.5) is 4.39 Å². The Morgan fingerprint density at radius 1 is 0.900 bits per heavy atom. The van der Waals surface area contributed by atoms with Gasteiger partial charge in [-0.05, 0) is 40.6 Å². The zero-order valence-electron chi connectivity index (χ0n) is 10.8. The first kappa shape index (κ1) is 12.6. The molecule has 0 unspecified atom stereocenters. The quantitative estimate of drug-likeness (QED) is 0.770. The SMILES string of the molecule is NCc1ccc(Oc2ccc3ccccc3c2)c(F)c1. The van der Waals surface area contributed by atoms with Crippen LogP contribution in [0, 0.1) is 5.82 Å². The minimum Gasteiger partial charge on any atom is -0.454 e. The minimum atomic E-state index is -0.402. The molecule has 3 aromatic carbocycles. The van der Waals surface area contributed by atoms with Gasteiger partial charge in [0.2, 0.25) is 0 Å². The van der Waals surface area contributed by atoms with Gasteiger partial charge in [-0.15, -0.1) is 0 Å². The third-order valence-electron chi connectivity index (χ3n) is 3.18. The van der Waals surface area contributed by atoms with Gasteiger partial charge in [0.15, 0.2) is 11.6 Å². The lowest BCUT2D eigenvalue weighted by molar-refractivity contribution is 0.442. The maximum absolute atomic E-state index is 13.9. The molecule has 20 heavy (non-hydrogen) atoms. The van der Waals surface area contributed by atoms with Crippen LogP contribution < -0.4 is 10.5 Å². The fraction of sp³-hybridized carbons (Fsp3) is 0.0588. The summed E-state index contributed by atoms with van der Waals surface area (Å²) >= 11 is 0. The van der Waals surface area contributed by atoms with Crippen LogP contribution in [0.5, 0.6) is 11.5 Å². The van der Waals surface area contributed by atoms with E-state index in [1.54, 1.807) is 12.1 Å². The average molecular weight is 267 g/mol. The molecular weight excluding hydrogens is 253 g/mol. The monoisotopic (exact) mass is 267 g/mol. The predicted octanol–water partition coefficient (Wildman–Crippen LogP) is 4.23. The molecule has 0 heterocycles. The van der Waals surface area contributed by atoms with E-state index in [2.05, 4.69) is 0 Å². The van der Waals surface area contributed by atoms with Gasteiger partial charge in [0, 0.05) is 6.54 Å². The van der Waals surface area contributed by atoms with Gasteiger partial charge in [-0.2, -0.15) is 0 Å². The fourth-order valence-corrected chi connectivity index (χ4v) is 2.11. The van der Waals surface area contributed by atoms with Gasteiger partial charge < -0.3 is 10.5 Å². The van der Waals surface area contributed by atoms with Gasteiger partial charge in [0.25, 0.3) is 0 Å². The molecule has 0 saturated heterocycles. The number of hydrogen-bond donors (Lipinski definition) is 1. The van der Waals surface area contributed by atoms with Crippen molar-refractivity contribution in [2.75, 3.05) is 0 Å². The Balaban J connectivity index is 1.92. The molecule has 0 aliphatic rings. The zero-order chi connectivity index (χ0) is 13.9. The summed E-state index contributed by atoms with van der Waals surface area (Å²) in [6.45, 7) is 0.313. The number of fused-ring (bicyclic) bond motifs is 1. The van der Waals surface area contributed by atoms with Crippen molar-refractivity contribution in [2.45, 2.75) is 6.54 Å². The summed E-state index contributed by atoms with van der Waals surface area (Å²) in [5, 5.41) is 2.18. The van der Waals surface area contributed by atoms with Crippen LogP contribution in [0.3, 0.4) is 0 Å². The van der Waals surface area contributed by atoms with E-state index in [9.17, 15) is 4.39 Å². The van der Waals surface area contributed by atoms with Crippen molar-refractivity contribution in [1.82, 2.24) is 0 Å². The summed E-state index contributed by atoms with van der Waals surface area (Å²) in [7, 11) is 0. The number of benzene rings is 3. The summed E-state index contributed by atoms with van der Waals surface area (Å²) in [6, 6.07) is 18.4. The minimum absolute atomic E-state index is 0.206. The van der Waals surface area contributed by atoms with E-state index >= 15 is 0 Å². The fourth-order valence-electron chi connectivity index (χ4n) is 2.11. The van der Waals surface area contributed by atoms with Gasteiger partial charge in [-0.1, -0.05) is 36.4 Å². The topological polar surface area (TPSA) is 35.2 Å². The smallest absolute Gasteiger partial charge is 0.166 e. The molecule has 3 heteroatoms. The van der Waals surface area contributed by atoms with Crippen LogP contribution in [-0.4, -0.2) is 0 Å². The van der Waals surface area contributed by atoms with Crippen LogP contribution >= 0.6 is 0 Å². The van der Waals surface area contributed by atoms with E-state index in [1.807, 2.05) is 42.5 Å². The van der Waals surface area contributed by atoms with Gasteiger partial charge in [-0.25, -0.2) is 4.39 Å². The molecule has 3 rings (SSSR count). The molecule has 0 fully saturated rings. The normalized spacial score (nSPS) is 10.7. The molecule has 0 spiro atoms. The Morgan fingerprint density at radius 3 is 2.45 bits per heavy atom. The largest absolute Gasteiger partial charge is 0.454 e. The third-order valence-corrected chi connectivity index (χ3v) is 3.18. The van der Waals surface area contributed by atoms with Crippen LogP contribution in [0.2, 0.25) is 0 Å². The maximum atomic E-state index is 13.9. The van der Waals surface area contributed by atoms with E-state index in [0.29, 0.717) is 12.3 Å². The predicted molar refractivity (Wildman–Crippen MR) is 78.3 cm³/mol. The molecule has 0 amide bonds. The lowest BCUT2D eigenvalue weighted by Gasteiger charge is -2.08. The molecule has 0 saturated carbocycles. The summed E-state index contributed by atoms with van der Waals surface area (Å²) in [5.74, 6) is 0.418. The number of hydrogen-bond acceptors (Lipinski definition) is 2. The second-order valence-electron chi connectivity index (χ2n) is 4.58. The summed E-state index contributed by atoms with van der Waals surface area (Å²) in [6.07, 6.45) is 0. The Hall–Kier alpha value is -2.39. The molecule has 0 atom stereocenters. The number of halogens is 1. The lowest BCUT2D eigenvalue weighted by Crippen LogP contribution is -1.97. The van der Waals surface area contributed by atoms with E-state index in [0.717, 1.165) is 16.3 Å². The van der Waals surface area contributed by atoms with Crippen LogP contribution in [0.25, 0.3) is 10.8 Å². The first-order chi connectivity index (χ1) is 9.76. The summed E-state index contributed by atoms with van der Waals surface area (Å²) < 4.78 is 19.5. The Kier molecular flexibility index (Phi) is 3.35. The van der Waals surface area contributed by atoms with Gasteiger partial charge in [0.1, 0.15) is 5.75 Å².